The van der Waals surface area contributed by atoms with E-state index >= 15 is 0 Å². The highest BCUT2D eigenvalue weighted by atomic mass is 15.0. The molecule has 1 atom stereocenters. The van der Waals surface area contributed by atoms with Crippen LogP contribution in [-0.2, 0) is 0 Å². The van der Waals surface area contributed by atoms with Gasteiger partial charge in [0.15, 0.2) is 0 Å². The Kier molecular flexibility index (Phi) is 2.36. The summed E-state index contributed by atoms with van der Waals surface area (Å²) in [6.45, 7) is 4.54. The average Bonchev–Trinajstić information content (AvgIpc) is 2.33. The lowest BCUT2D eigenvalue weighted by atomic mass is 9.94. The topological polar surface area (TPSA) is 12.0 Å². The van der Waals surface area contributed by atoms with Crippen LogP contribution in [0.5, 0.6) is 0 Å². The normalized spacial score (nSPS) is 30.6. The molecule has 1 N–H and O–H groups in total. The van der Waals surface area contributed by atoms with Gasteiger partial charge in [0.1, 0.15) is 0 Å². The number of unbranched alkanes of at least 4 members (excludes halogenated alkanes) is 1. The maximum atomic E-state index is 3.39. The minimum atomic E-state index is 0.385. The van der Waals surface area contributed by atoms with Gasteiger partial charge in [-0.2, -0.15) is 0 Å². The van der Waals surface area contributed by atoms with E-state index in [1.807, 2.05) is 0 Å². The molecule has 1 rings (SSSR count). The minimum Gasteiger partial charge on any atom is -0.386 e. The predicted octanol–water partition coefficient (Wildman–Crippen LogP) is 2.44. The highest BCUT2D eigenvalue weighted by Crippen LogP contribution is 2.22. The van der Waals surface area contributed by atoms with Gasteiger partial charge in [-0.05, 0) is 26.0 Å². The Bertz CT molecular complexity index is 119. The van der Waals surface area contributed by atoms with Crippen molar-refractivity contribution in [1.82, 2.24) is 5.32 Å². The number of hydrogen-bond donors (Lipinski definition) is 1. The third-order valence-electron chi connectivity index (χ3n) is 2.20. The van der Waals surface area contributed by atoms with Gasteiger partial charge in [0.25, 0.3) is 0 Å². The Labute approximate surface area is 63.5 Å². The van der Waals surface area contributed by atoms with E-state index in [9.17, 15) is 0 Å². The highest BCUT2D eigenvalue weighted by molar-refractivity contribution is 5.03. The van der Waals surface area contributed by atoms with E-state index in [0.29, 0.717) is 5.54 Å². The van der Waals surface area contributed by atoms with Gasteiger partial charge in [-0.1, -0.05) is 25.8 Å². The molecule has 1 heterocycles. The van der Waals surface area contributed by atoms with E-state index in [2.05, 4.69) is 31.4 Å². The molecule has 0 bridgehead atoms. The van der Waals surface area contributed by atoms with Crippen molar-refractivity contribution >= 4 is 0 Å². The number of hydrogen-bond acceptors (Lipinski definition) is 1. The lowest BCUT2D eigenvalue weighted by molar-refractivity contribution is 0.384. The van der Waals surface area contributed by atoms with E-state index in [1.54, 1.807) is 0 Å². The van der Waals surface area contributed by atoms with Crippen LogP contribution in [0.3, 0.4) is 0 Å². The summed E-state index contributed by atoms with van der Waals surface area (Å²) in [7, 11) is 0. The minimum absolute atomic E-state index is 0.385. The van der Waals surface area contributed by atoms with Crippen LogP contribution in [0.4, 0.5) is 0 Å². The molecule has 1 unspecified atom stereocenters. The van der Waals surface area contributed by atoms with Gasteiger partial charge in [0.2, 0.25) is 0 Å². The summed E-state index contributed by atoms with van der Waals surface area (Å²) in [6.07, 6.45) is 9.44. The van der Waals surface area contributed by atoms with E-state index in [4.69, 9.17) is 0 Å². The van der Waals surface area contributed by atoms with Crippen molar-refractivity contribution in [2.45, 2.75) is 45.1 Å². The summed E-state index contributed by atoms with van der Waals surface area (Å²) < 4.78 is 0. The standard InChI is InChI=1S/C9H17N/c1-3-4-6-9(2)7-5-8-10-9/h5,8,10H,3-4,6-7H2,1-2H3. The summed E-state index contributed by atoms with van der Waals surface area (Å²) in [5.74, 6) is 0. The Morgan fingerprint density at radius 3 is 2.90 bits per heavy atom. The van der Waals surface area contributed by atoms with Gasteiger partial charge in [0, 0.05) is 5.54 Å². The summed E-state index contributed by atoms with van der Waals surface area (Å²) in [4.78, 5) is 0. The number of nitrogens with one attached hydrogen (secondary N) is 1. The van der Waals surface area contributed by atoms with Gasteiger partial charge in [-0.15, -0.1) is 0 Å². The Morgan fingerprint density at radius 1 is 1.60 bits per heavy atom. The first-order valence-corrected chi connectivity index (χ1v) is 4.19. The molecule has 1 heteroatoms. The van der Waals surface area contributed by atoms with Crippen molar-refractivity contribution < 1.29 is 0 Å². The highest BCUT2D eigenvalue weighted by Gasteiger charge is 2.22. The smallest absolute Gasteiger partial charge is 0.0375 e. The van der Waals surface area contributed by atoms with Gasteiger partial charge < -0.3 is 5.32 Å². The molecule has 0 fully saturated rings. The second-order valence-corrected chi connectivity index (χ2v) is 3.42. The molecule has 0 radical (unpaired) electrons. The summed E-state index contributed by atoms with van der Waals surface area (Å²) in [5, 5.41) is 3.39. The van der Waals surface area contributed by atoms with Crippen molar-refractivity contribution in [2.24, 2.45) is 0 Å². The molecule has 0 saturated heterocycles. The molecule has 10 heavy (non-hydrogen) atoms. The molecule has 0 aromatic heterocycles. The van der Waals surface area contributed by atoms with Crippen LogP contribution in [0.25, 0.3) is 0 Å². The van der Waals surface area contributed by atoms with Crippen LogP contribution in [0.1, 0.15) is 39.5 Å². The molecule has 0 amide bonds. The van der Waals surface area contributed by atoms with Gasteiger partial charge in [0.05, 0.1) is 0 Å². The first kappa shape index (κ1) is 7.64. The largest absolute Gasteiger partial charge is 0.386 e. The van der Waals surface area contributed by atoms with Crippen LogP contribution in [0, 0.1) is 0 Å². The van der Waals surface area contributed by atoms with Gasteiger partial charge >= 0.3 is 0 Å². The van der Waals surface area contributed by atoms with E-state index in [0.717, 1.165) is 0 Å². The predicted molar refractivity (Wildman–Crippen MR) is 44.8 cm³/mol. The molecule has 0 aromatic rings. The quantitative estimate of drug-likeness (QED) is 0.633. The van der Waals surface area contributed by atoms with Crippen molar-refractivity contribution in [3.05, 3.63) is 12.3 Å². The second kappa shape index (κ2) is 3.09. The third kappa shape index (κ3) is 1.76. The van der Waals surface area contributed by atoms with E-state index < -0.39 is 0 Å². The zero-order chi connectivity index (χ0) is 7.45. The fourth-order valence-corrected chi connectivity index (χ4v) is 1.38. The zero-order valence-electron chi connectivity index (χ0n) is 6.98. The van der Waals surface area contributed by atoms with E-state index in [1.165, 1.54) is 25.7 Å². The maximum Gasteiger partial charge on any atom is 0.0375 e. The van der Waals surface area contributed by atoms with Crippen molar-refractivity contribution in [1.29, 1.82) is 0 Å². The van der Waals surface area contributed by atoms with Crippen molar-refractivity contribution in [3.8, 4) is 0 Å². The van der Waals surface area contributed by atoms with Crippen LogP contribution < -0.4 is 5.32 Å². The van der Waals surface area contributed by atoms with Gasteiger partial charge in [-0.3, -0.25) is 0 Å². The molecule has 1 aliphatic heterocycles. The Morgan fingerprint density at radius 2 is 2.40 bits per heavy atom. The van der Waals surface area contributed by atoms with Crippen LogP contribution in [0.2, 0.25) is 0 Å². The summed E-state index contributed by atoms with van der Waals surface area (Å²) in [5.41, 5.74) is 0.385. The molecular formula is C9H17N. The SMILES string of the molecule is CCCCC1(C)CC=CN1. The van der Waals surface area contributed by atoms with Gasteiger partial charge in [-0.25, -0.2) is 0 Å². The zero-order valence-corrected chi connectivity index (χ0v) is 6.98. The fourth-order valence-electron chi connectivity index (χ4n) is 1.38. The molecule has 58 valence electrons. The third-order valence-corrected chi connectivity index (χ3v) is 2.20. The first-order valence-electron chi connectivity index (χ1n) is 4.19. The monoisotopic (exact) mass is 139 g/mol. The molecule has 0 saturated carbocycles. The maximum absolute atomic E-state index is 3.39. The Hall–Kier alpha value is -0.460. The molecule has 0 aliphatic carbocycles. The summed E-state index contributed by atoms with van der Waals surface area (Å²) in [6, 6.07) is 0. The molecule has 0 aromatic carbocycles. The lowest BCUT2D eigenvalue weighted by Gasteiger charge is -2.24. The Balaban J connectivity index is 2.24. The lowest BCUT2D eigenvalue weighted by Crippen LogP contribution is -2.34. The van der Waals surface area contributed by atoms with E-state index in [-0.39, 0.29) is 0 Å². The average molecular weight is 139 g/mol. The molecule has 0 spiro atoms. The summed E-state index contributed by atoms with van der Waals surface area (Å²) >= 11 is 0. The molecule has 1 nitrogen and oxygen atoms in total. The molecule has 1 aliphatic rings. The van der Waals surface area contributed by atoms with Crippen LogP contribution >= 0.6 is 0 Å². The fraction of sp³-hybridized carbons (Fsp3) is 0.778. The van der Waals surface area contributed by atoms with Crippen LogP contribution in [-0.4, -0.2) is 5.54 Å². The van der Waals surface area contributed by atoms with Crippen LogP contribution in [0.15, 0.2) is 12.3 Å². The van der Waals surface area contributed by atoms with Crippen molar-refractivity contribution in [3.63, 3.8) is 0 Å². The second-order valence-electron chi connectivity index (χ2n) is 3.42. The first-order chi connectivity index (χ1) is 4.77. The number of rotatable bonds is 3. The van der Waals surface area contributed by atoms with Crippen molar-refractivity contribution in [2.75, 3.05) is 0 Å². The molecular weight excluding hydrogens is 122 g/mol.